The highest BCUT2D eigenvalue weighted by molar-refractivity contribution is 5.97. The third-order valence-corrected chi connectivity index (χ3v) is 18.0. The zero-order valence-electron chi connectivity index (χ0n) is 61.6. The zero-order chi connectivity index (χ0) is 75.3. The Hall–Kier alpha value is -11.1. The Balaban J connectivity index is 0.000000146. The number of anilines is 3. The number of primary amides is 1. The summed E-state index contributed by atoms with van der Waals surface area (Å²) in [6.45, 7) is 18.9. The zero-order valence-corrected chi connectivity index (χ0v) is 61.6. The van der Waals surface area contributed by atoms with E-state index in [1.807, 2.05) is 162 Å². The van der Waals surface area contributed by atoms with Gasteiger partial charge in [-0.05, 0) is 194 Å². The minimum absolute atomic E-state index is 0.0249. The number of ether oxygens (including phenoxy) is 6. The molecule has 5 aromatic carbocycles. The van der Waals surface area contributed by atoms with Gasteiger partial charge in [0.2, 0.25) is 23.6 Å². The van der Waals surface area contributed by atoms with Crippen LogP contribution in [0.1, 0.15) is 114 Å². The normalized spacial score (nSPS) is 18.1. The molecule has 5 aliphatic rings. The monoisotopic (exact) mass is 1460 g/mol. The second-order valence-electron chi connectivity index (χ2n) is 28.6. The van der Waals surface area contributed by atoms with E-state index in [1.165, 1.54) is 11.8 Å². The molecule has 0 aliphatic carbocycles. The molecule has 0 radical (unpaired) electrons. The quantitative estimate of drug-likeness (QED) is 0.0803. The highest BCUT2D eigenvalue weighted by atomic mass is 16.6. The van der Waals surface area contributed by atoms with Gasteiger partial charge in [-0.25, -0.2) is 24.5 Å². The van der Waals surface area contributed by atoms with Crippen LogP contribution in [0.3, 0.4) is 0 Å². The molecule has 4 atom stereocenters. The van der Waals surface area contributed by atoms with Gasteiger partial charge in [0.1, 0.15) is 29.5 Å². The number of nitrogens with two attached hydrogens (primary N) is 1. The molecule has 26 nitrogen and oxygen atoms in total. The van der Waals surface area contributed by atoms with Crippen molar-refractivity contribution in [2.24, 2.45) is 5.73 Å². The number of amides is 4. The lowest BCUT2D eigenvalue weighted by atomic mass is 10.1. The molecule has 0 unspecified atom stereocenters. The number of fused-ring (bicyclic) bond motifs is 4. The lowest BCUT2D eigenvalue weighted by Gasteiger charge is -2.34. The van der Waals surface area contributed by atoms with Gasteiger partial charge in [0.25, 0.3) is 17.4 Å². The van der Waals surface area contributed by atoms with Crippen LogP contribution in [0.25, 0.3) is 43.1 Å². The number of carbonyl (C=O) groups is 4. The molecule has 10 heterocycles. The number of carbonyl (C=O) groups excluding carboxylic acids is 4. The molecule has 5 aromatic heterocycles. The van der Waals surface area contributed by atoms with E-state index in [1.54, 1.807) is 57.6 Å². The number of benzene rings is 5. The number of hydrogen-bond acceptors (Lipinski definition) is 21. The fraction of sp³-hybridized carbons (Fsp3) is 0.395. The first-order valence-corrected chi connectivity index (χ1v) is 36.6. The van der Waals surface area contributed by atoms with Gasteiger partial charge < -0.3 is 74.5 Å². The highest BCUT2D eigenvalue weighted by Crippen LogP contribution is 2.31. The summed E-state index contributed by atoms with van der Waals surface area (Å²) in [5.41, 5.74) is 5.72. The van der Waals surface area contributed by atoms with E-state index >= 15 is 0 Å². The van der Waals surface area contributed by atoms with Crippen molar-refractivity contribution in [2.45, 2.75) is 129 Å². The second kappa shape index (κ2) is 36.8. The number of H-pyrrole nitrogens is 1. The summed E-state index contributed by atoms with van der Waals surface area (Å²) < 4.78 is 34.4. The molecule has 10 aromatic rings. The fourth-order valence-electron chi connectivity index (χ4n) is 12.8. The number of nitrogens with one attached hydrogen (secondary N) is 3. The number of morpholine rings is 1. The van der Waals surface area contributed by atoms with Crippen LogP contribution in [-0.4, -0.2) is 193 Å². The van der Waals surface area contributed by atoms with E-state index < -0.39 is 23.2 Å². The smallest absolute Gasteiger partial charge is 0.410 e. The Morgan fingerprint density at radius 1 is 0.542 bits per heavy atom. The summed E-state index contributed by atoms with van der Waals surface area (Å²) >= 11 is 0. The molecule has 15 rings (SSSR count). The topological polar surface area (TPSA) is 317 Å². The van der Waals surface area contributed by atoms with Gasteiger partial charge in [-0.3, -0.25) is 14.4 Å². The van der Waals surface area contributed by atoms with Crippen molar-refractivity contribution >= 4 is 84.5 Å². The van der Waals surface area contributed by atoms with E-state index in [2.05, 4.69) is 57.9 Å². The molecule has 562 valence electrons. The number of aliphatic hydroxyl groups excluding tert-OH is 1. The molecule has 107 heavy (non-hydrogen) atoms. The summed E-state index contributed by atoms with van der Waals surface area (Å²) in [4.78, 5) is 87.3. The predicted octanol–water partition coefficient (Wildman–Crippen LogP) is 12.1. The molecule has 0 bridgehead atoms. The Kier molecular flexibility index (Phi) is 26.5. The summed E-state index contributed by atoms with van der Waals surface area (Å²) in [5, 5.41) is 32.3. The van der Waals surface area contributed by atoms with Gasteiger partial charge in [-0.15, -0.1) is 10.2 Å². The maximum atomic E-state index is 12.8. The van der Waals surface area contributed by atoms with Crippen molar-refractivity contribution in [1.82, 2.24) is 55.1 Å². The number of likely N-dealkylation sites (tertiary alicyclic amines) is 2. The maximum absolute atomic E-state index is 12.8. The Morgan fingerprint density at radius 3 is 1.54 bits per heavy atom. The van der Waals surface area contributed by atoms with Gasteiger partial charge in [-0.2, -0.15) is 4.98 Å². The van der Waals surface area contributed by atoms with Gasteiger partial charge in [0.05, 0.1) is 32.4 Å². The maximum Gasteiger partial charge on any atom is 0.410 e. The number of rotatable bonds is 11. The highest BCUT2D eigenvalue weighted by Gasteiger charge is 2.31. The van der Waals surface area contributed by atoms with Crippen molar-refractivity contribution in [2.75, 3.05) is 88.9 Å². The predicted molar refractivity (Wildman–Crippen MR) is 411 cm³/mol. The summed E-state index contributed by atoms with van der Waals surface area (Å²) in [6.07, 6.45) is 13.5. The van der Waals surface area contributed by atoms with Crippen molar-refractivity contribution in [3.8, 4) is 17.6 Å². The first-order chi connectivity index (χ1) is 51.7. The fourth-order valence-corrected chi connectivity index (χ4v) is 12.8. The third-order valence-electron chi connectivity index (χ3n) is 18.0. The number of pyridine rings is 4. The lowest BCUT2D eigenvalue weighted by molar-refractivity contribution is 0.00381. The van der Waals surface area contributed by atoms with E-state index in [0.29, 0.717) is 94.5 Å². The molecule has 6 N–H and O–H groups in total. The van der Waals surface area contributed by atoms with Crippen LogP contribution in [0.5, 0.6) is 17.6 Å². The minimum Gasteiger partial charge on any atom is -0.473 e. The average molecular weight is 1460 g/mol. The van der Waals surface area contributed by atoms with E-state index in [-0.39, 0.29) is 53.5 Å². The van der Waals surface area contributed by atoms with Crippen molar-refractivity contribution < 1.29 is 52.7 Å². The Labute approximate surface area is 622 Å². The number of piperidine rings is 4. The largest absolute Gasteiger partial charge is 0.473 e. The lowest BCUT2D eigenvalue weighted by Crippen LogP contribution is -2.46. The molecular formula is C81H96N14O12. The number of hydrogen-bond donors (Lipinski definition) is 5. The molecule has 5 fully saturated rings. The van der Waals surface area contributed by atoms with Crippen LogP contribution in [0.15, 0.2) is 175 Å². The van der Waals surface area contributed by atoms with Crippen molar-refractivity contribution in [3.63, 3.8) is 0 Å². The standard InChI is InChI=1S/C29H30N8O4.C19H24N2O3.C14H16N2O.C10H19NO3.C9H7NO/c30-25(38)24-26(32-21-9-7-20(8-10-21)28(39)36-14-16-40-17-15-36)33-29(35-34-24)37-13-3-5-22(18-37)41-27-23-6-2-1-4-19(23)11-12-31-27;1-19(2,3)24-18(22)21-12-6-8-15(13-21)23-17-16-9-5-4-7-14(16)10-11-20-17;1-2-6-13-11(4-1)7-9-16-14(13)17-12-5-3-8-15-10-12;1-10(2,3)14-9(13)11-6-4-5-8(12)7-11;11-9-8-4-2-1-3-7(8)5-6-10-9/h1-2,4,6-12,22H,3,5,13-18H2,(H2,30,38)(H,32,33,35);4-5,7,9-11,15H,6,8,12-13H2,1-3H3;1-2,4,6-7,9,12,15H,3,5,8,10H2;8,12H,4-7H2,1-3H3;1-6H,(H,10,11)/t22-;15-;12-;8-;/m1110./s1. The molecule has 26 heteroatoms. The molecule has 0 saturated carbocycles. The second-order valence-corrected chi connectivity index (χ2v) is 28.6. The Bertz CT molecular complexity index is 4660. The number of aromatic nitrogens is 7. The van der Waals surface area contributed by atoms with Gasteiger partial charge >= 0.3 is 12.2 Å². The number of aliphatic hydroxyl groups is 1. The number of β-amino-alcohol motifs (C(OH)–C–C–N with tert-alkyl or cyclic N) is 1. The van der Waals surface area contributed by atoms with E-state index in [9.17, 15) is 29.1 Å². The van der Waals surface area contributed by atoms with Gasteiger partial charge in [0, 0.05) is 103 Å². The summed E-state index contributed by atoms with van der Waals surface area (Å²) in [7, 11) is 0. The minimum atomic E-state index is -0.750. The van der Waals surface area contributed by atoms with Crippen LogP contribution in [0.4, 0.5) is 27.0 Å². The third kappa shape index (κ3) is 22.2. The van der Waals surface area contributed by atoms with Crippen molar-refractivity contribution in [1.29, 1.82) is 0 Å². The van der Waals surface area contributed by atoms with Crippen LogP contribution < -0.4 is 41.0 Å². The first-order valence-electron chi connectivity index (χ1n) is 36.6. The molecule has 4 amide bonds. The van der Waals surface area contributed by atoms with Crippen LogP contribution in [0, 0.1) is 0 Å². The van der Waals surface area contributed by atoms with E-state index in [0.717, 1.165) is 102 Å². The Morgan fingerprint density at radius 2 is 1.03 bits per heavy atom. The van der Waals surface area contributed by atoms with Crippen LogP contribution >= 0.6 is 0 Å². The first kappa shape index (κ1) is 77.0. The van der Waals surface area contributed by atoms with Crippen LogP contribution in [0.2, 0.25) is 0 Å². The average Bonchev–Trinajstić information content (AvgIpc) is 0.736. The van der Waals surface area contributed by atoms with E-state index in [4.69, 9.17) is 34.2 Å². The van der Waals surface area contributed by atoms with Crippen molar-refractivity contribution in [3.05, 3.63) is 192 Å². The SMILES string of the molecule is CC(C)(C)OC(=O)N1CCC[C@@H](Oc2nccc3ccccc23)C1.CC(C)(C)OC(=O)N1CCC[C@H](O)C1.NC(=O)c1nnc(N2CCC[C@@H](Oc3nccc4ccccc34)C2)nc1Nc1ccc(C(=O)N2CCOCC2)cc1.O=c1[nH]ccc2ccccc12.c1ccc2c(O[C@@H]3CCCNC3)nccc2c1. The molecule has 0 spiro atoms. The van der Waals surface area contributed by atoms with Gasteiger partial charge in [0.15, 0.2) is 11.5 Å². The number of nitrogens with zero attached hydrogens (tertiary/aromatic N) is 10. The summed E-state index contributed by atoms with van der Waals surface area (Å²) in [5.74, 6) is 1.73. The van der Waals surface area contributed by atoms with Crippen LogP contribution in [-0.2, 0) is 14.2 Å². The molecular weight excluding hydrogens is 1360 g/mol. The summed E-state index contributed by atoms with van der Waals surface area (Å²) in [6, 6.07) is 46.5. The number of aromatic amines is 1. The van der Waals surface area contributed by atoms with Gasteiger partial charge in [-0.1, -0.05) is 72.8 Å². The molecule has 5 saturated heterocycles. The molecule has 5 aliphatic heterocycles.